The van der Waals surface area contributed by atoms with Crippen LogP contribution in [0, 0.1) is 0 Å². The number of rotatable bonds is 4. The average molecular weight is 208 g/mol. The van der Waals surface area contributed by atoms with Crippen molar-refractivity contribution < 1.29 is 9.59 Å². The molecule has 1 aromatic rings. The Kier molecular flexibility index (Phi) is 4.08. The number of carbonyl (C=O) groups excluding carboxylic acids is 2. The lowest BCUT2D eigenvalue weighted by atomic mass is 10.4. The zero-order chi connectivity index (χ0) is 11.1. The zero-order valence-corrected chi connectivity index (χ0v) is 8.06. The number of pyridine rings is 1. The fourth-order valence-corrected chi connectivity index (χ4v) is 0.911. The maximum absolute atomic E-state index is 11.2. The number of aromatic nitrogens is 1. The number of hydrogen-bond acceptors (Lipinski definition) is 3. The third kappa shape index (κ3) is 4.61. The molecule has 1 aromatic heterocycles. The minimum Gasteiger partial charge on any atom is -0.370 e. The van der Waals surface area contributed by atoms with Crippen molar-refractivity contribution in [2.24, 2.45) is 5.73 Å². The highest BCUT2D eigenvalue weighted by molar-refractivity contribution is 5.89. The van der Waals surface area contributed by atoms with E-state index in [2.05, 4.69) is 15.6 Å². The Morgan fingerprint density at radius 3 is 2.87 bits per heavy atom. The Hall–Kier alpha value is -2.11. The highest BCUT2D eigenvalue weighted by Crippen LogP contribution is 2.01. The van der Waals surface area contributed by atoms with Gasteiger partial charge in [0.05, 0.1) is 11.9 Å². The van der Waals surface area contributed by atoms with Crippen LogP contribution in [0.1, 0.15) is 6.42 Å². The first-order valence-electron chi connectivity index (χ1n) is 4.41. The summed E-state index contributed by atoms with van der Waals surface area (Å²) >= 11 is 0. The maximum Gasteiger partial charge on any atom is 0.319 e. The van der Waals surface area contributed by atoms with Gasteiger partial charge in [-0.3, -0.25) is 9.78 Å². The molecule has 4 N–H and O–H groups in total. The van der Waals surface area contributed by atoms with Crippen molar-refractivity contribution in [1.82, 2.24) is 10.3 Å². The summed E-state index contributed by atoms with van der Waals surface area (Å²) in [6.07, 6.45) is 3.25. The van der Waals surface area contributed by atoms with E-state index in [0.29, 0.717) is 5.69 Å². The molecule has 0 aliphatic rings. The van der Waals surface area contributed by atoms with Crippen LogP contribution in [-0.2, 0) is 4.79 Å². The van der Waals surface area contributed by atoms with Crippen molar-refractivity contribution in [3.63, 3.8) is 0 Å². The molecule has 1 rings (SSSR count). The standard InChI is InChI=1S/C9H12N4O2/c10-8(14)3-5-12-9(15)13-7-2-1-4-11-6-7/h1-2,4,6H,3,5H2,(H2,10,14)(H2,12,13,15). The average Bonchev–Trinajstić information content (AvgIpc) is 2.18. The first kappa shape index (κ1) is 11.0. The van der Waals surface area contributed by atoms with Crippen LogP contribution >= 0.6 is 0 Å². The number of nitrogens with one attached hydrogen (secondary N) is 2. The van der Waals surface area contributed by atoms with Crippen LogP contribution in [-0.4, -0.2) is 23.5 Å². The molecular weight excluding hydrogens is 196 g/mol. The highest BCUT2D eigenvalue weighted by Gasteiger charge is 2.01. The summed E-state index contributed by atoms with van der Waals surface area (Å²) in [5, 5.41) is 5.03. The Morgan fingerprint density at radius 2 is 2.27 bits per heavy atom. The number of nitrogens with zero attached hydrogens (tertiary/aromatic N) is 1. The van der Waals surface area contributed by atoms with E-state index in [0.717, 1.165) is 0 Å². The minimum atomic E-state index is -0.448. The van der Waals surface area contributed by atoms with Gasteiger partial charge in [0.15, 0.2) is 0 Å². The van der Waals surface area contributed by atoms with Crippen molar-refractivity contribution in [2.45, 2.75) is 6.42 Å². The summed E-state index contributed by atoms with van der Waals surface area (Å²) in [7, 11) is 0. The van der Waals surface area contributed by atoms with Crippen LogP contribution in [0.25, 0.3) is 0 Å². The SMILES string of the molecule is NC(=O)CCNC(=O)Nc1cccnc1. The van der Waals surface area contributed by atoms with Gasteiger partial charge in [-0.05, 0) is 12.1 Å². The van der Waals surface area contributed by atoms with Gasteiger partial charge < -0.3 is 16.4 Å². The summed E-state index contributed by atoms with van der Waals surface area (Å²) in [6, 6.07) is 3.03. The Morgan fingerprint density at radius 1 is 1.47 bits per heavy atom. The van der Waals surface area contributed by atoms with Crippen molar-refractivity contribution in [1.29, 1.82) is 0 Å². The summed E-state index contributed by atoms with van der Waals surface area (Å²) in [5.74, 6) is -0.448. The molecule has 3 amide bonds. The first-order chi connectivity index (χ1) is 7.18. The summed E-state index contributed by atoms with van der Waals surface area (Å²) in [5.41, 5.74) is 5.50. The van der Waals surface area contributed by atoms with Gasteiger partial charge in [-0.2, -0.15) is 0 Å². The second-order valence-corrected chi connectivity index (χ2v) is 2.84. The number of amides is 3. The van der Waals surface area contributed by atoms with Crippen molar-refractivity contribution in [3.8, 4) is 0 Å². The van der Waals surface area contributed by atoms with Gasteiger partial charge in [0.25, 0.3) is 0 Å². The molecule has 0 saturated carbocycles. The van der Waals surface area contributed by atoms with E-state index in [1.807, 2.05) is 0 Å². The largest absolute Gasteiger partial charge is 0.370 e. The van der Waals surface area contributed by atoms with Crippen molar-refractivity contribution >= 4 is 17.6 Å². The summed E-state index contributed by atoms with van der Waals surface area (Å²) < 4.78 is 0. The summed E-state index contributed by atoms with van der Waals surface area (Å²) in [4.78, 5) is 25.4. The van der Waals surface area contributed by atoms with Crippen LogP contribution in [0.2, 0.25) is 0 Å². The topological polar surface area (TPSA) is 97.1 Å². The fourth-order valence-electron chi connectivity index (χ4n) is 0.911. The summed E-state index contributed by atoms with van der Waals surface area (Å²) in [6.45, 7) is 0.224. The molecule has 0 aliphatic heterocycles. The molecule has 80 valence electrons. The third-order valence-electron chi connectivity index (χ3n) is 1.58. The van der Waals surface area contributed by atoms with Gasteiger partial charge in [0, 0.05) is 19.2 Å². The number of carbonyl (C=O) groups is 2. The van der Waals surface area contributed by atoms with Crippen LogP contribution in [0.5, 0.6) is 0 Å². The smallest absolute Gasteiger partial charge is 0.319 e. The lowest BCUT2D eigenvalue weighted by Crippen LogP contribution is -2.31. The van der Waals surface area contributed by atoms with E-state index in [9.17, 15) is 9.59 Å². The molecule has 15 heavy (non-hydrogen) atoms. The molecule has 6 heteroatoms. The molecule has 0 fully saturated rings. The Bertz CT molecular complexity index is 339. The third-order valence-corrected chi connectivity index (χ3v) is 1.58. The first-order valence-corrected chi connectivity index (χ1v) is 4.41. The predicted octanol–water partition coefficient (Wildman–Crippen LogP) is 0.0785. The van der Waals surface area contributed by atoms with Gasteiger partial charge in [-0.25, -0.2) is 4.79 Å². The lowest BCUT2D eigenvalue weighted by molar-refractivity contribution is -0.117. The van der Waals surface area contributed by atoms with Crippen LogP contribution in [0.4, 0.5) is 10.5 Å². The van der Waals surface area contributed by atoms with Crippen LogP contribution < -0.4 is 16.4 Å². The number of urea groups is 1. The van der Waals surface area contributed by atoms with E-state index in [-0.39, 0.29) is 19.0 Å². The molecular formula is C9H12N4O2. The number of hydrogen-bond donors (Lipinski definition) is 3. The fraction of sp³-hybridized carbons (Fsp3) is 0.222. The molecule has 0 atom stereocenters. The normalized spacial score (nSPS) is 9.33. The van der Waals surface area contributed by atoms with Gasteiger partial charge in [-0.1, -0.05) is 0 Å². The molecule has 0 radical (unpaired) electrons. The molecule has 1 heterocycles. The van der Waals surface area contributed by atoms with Gasteiger partial charge in [0.1, 0.15) is 0 Å². The maximum atomic E-state index is 11.2. The second kappa shape index (κ2) is 5.58. The molecule has 0 aliphatic carbocycles. The van der Waals surface area contributed by atoms with E-state index in [1.54, 1.807) is 18.3 Å². The quantitative estimate of drug-likeness (QED) is 0.653. The minimum absolute atomic E-state index is 0.125. The zero-order valence-electron chi connectivity index (χ0n) is 8.06. The van der Waals surface area contributed by atoms with Crippen LogP contribution in [0.15, 0.2) is 24.5 Å². The highest BCUT2D eigenvalue weighted by atomic mass is 16.2. The number of primary amides is 1. The van der Waals surface area contributed by atoms with E-state index >= 15 is 0 Å². The van der Waals surface area contributed by atoms with Crippen molar-refractivity contribution in [2.75, 3.05) is 11.9 Å². The van der Waals surface area contributed by atoms with Crippen LogP contribution in [0.3, 0.4) is 0 Å². The van der Waals surface area contributed by atoms with E-state index < -0.39 is 5.91 Å². The lowest BCUT2D eigenvalue weighted by Gasteiger charge is -2.05. The predicted molar refractivity (Wildman–Crippen MR) is 55.1 cm³/mol. The van der Waals surface area contributed by atoms with Gasteiger partial charge >= 0.3 is 6.03 Å². The molecule has 0 aromatic carbocycles. The Labute approximate surface area is 86.9 Å². The monoisotopic (exact) mass is 208 g/mol. The molecule has 0 saturated heterocycles. The molecule has 0 unspecified atom stereocenters. The molecule has 6 nitrogen and oxygen atoms in total. The molecule has 0 bridgehead atoms. The van der Waals surface area contributed by atoms with Gasteiger partial charge in [0.2, 0.25) is 5.91 Å². The second-order valence-electron chi connectivity index (χ2n) is 2.84. The van der Waals surface area contributed by atoms with Gasteiger partial charge in [-0.15, -0.1) is 0 Å². The number of anilines is 1. The van der Waals surface area contributed by atoms with E-state index in [1.165, 1.54) is 6.20 Å². The Balaban J connectivity index is 2.28. The van der Waals surface area contributed by atoms with Crippen molar-refractivity contribution in [3.05, 3.63) is 24.5 Å². The number of nitrogens with two attached hydrogens (primary N) is 1. The molecule has 0 spiro atoms. The van der Waals surface area contributed by atoms with E-state index in [4.69, 9.17) is 5.73 Å².